The second kappa shape index (κ2) is 5.44. The summed E-state index contributed by atoms with van der Waals surface area (Å²) in [5.41, 5.74) is 7.62. The van der Waals surface area contributed by atoms with Gasteiger partial charge in [-0.25, -0.2) is 4.79 Å². The minimum atomic E-state index is -0.487. The SMILES string of the molecule is CC(C)(C)OC(=O)Nc1cccc(CCC2(N)CC2)c1. The number of carbonyl (C=O) groups excluding carboxylic acids is 1. The van der Waals surface area contributed by atoms with E-state index in [1.165, 1.54) is 5.56 Å². The molecule has 0 heterocycles. The summed E-state index contributed by atoms with van der Waals surface area (Å²) in [6.07, 6.45) is 3.78. The first-order valence-corrected chi connectivity index (χ1v) is 7.14. The van der Waals surface area contributed by atoms with Gasteiger partial charge in [-0.15, -0.1) is 0 Å². The molecule has 0 spiro atoms. The molecule has 1 aromatic rings. The Balaban J connectivity index is 1.90. The lowest BCUT2D eigenvalue weighted by Gasteiger charge is -2.19. The molecule has 1 saturated carbocycles. The summed E-state index contributed by atoms with van der Waals surface area (Å²) in [4.78, 5) is 11.7. The fraction of sp³-hybridized carbons (Fsp3) is 0.562. The molecule has 0 atom stereocenters. The van der Waals surface area contributed by atoms with Crippen LogP contribution in [0.4, 0.5) is 10.5 Å². The third kappa shape index (κ3) is 4.85. The Kier molecular flexibility index (Phi) is 4.04. The third-order valence-corrected chi connectivity index (χ3v) is 3.38. The van der Waals surface area contributed by atoms with E-state index in [0.717, 1.165) is 31.4 Å². The summed E-state index contributed by atoms with van der Waals surface area (Å²) in [6.45, 7) is 5.54. The van der Waals surface area contributed by atoms with Gasteiger partial charge < -0.3 is 10.5 Å². The van der Waals surface area contributed by atoms with Crippen LogP contribution in [0.25, 0.3) is 0 Å². The molecule has 0 saturated heterocycles. The molecule has 4 heteroatoms. The van der Waals surface area contributed by atoms with Crippen molar-refractivity contribution < 1.29 is 9.53 Å². The molecule has 0 aliphatic heterocycles. The minimum absolute atomic E-state index is 0.0641. The number of nitrogens with two attached hydrogens (primary N) is 1. The first kappa shape index (κ1) is 14.9. The highest BCUT2D eigenvalue weighted by Gasteiger charge is 2.37. The summed E-state index contributed by atoms with van der Waals surface area (Å²) in [5, 5.41) is 2.76. The number of aryl methyl sites for hydroxylation is 1. The molecular formula is C16H24N2O2. The molecule has 1 aromatic carbocycles. The lowest BCUT2D eigenvalue weighted by molar-refractivity contribution is 0.0636. The highest BCUT2D eigenvalue weighted by molar-refractivity contribution is 5.84. The van der Waals surface area contributed by atoms with E-state index in [-0.39, 0.29) is 5.54 Å². The number of hydrogen-bond donors (Lipinski definition) is 2. The Morgan fingerprint density at radius 1 is 1.40 bits per heavy atom. The predicted octanol–water partition coefficient (Wildman–Crippen LogP) is 3.46. The first-order valence-electron chi connectivity index (χ1n) is 7.14. The molecule has 1 aliphatic carbocycles. The van der Waals surface area contributed by atoms with Crippen molar-refractivity contribution in [3.05, 3.63) is 29.8 Å². The fourth-order valence-corrected chi connectivity index (χ4v) is 2.03. The number of rotatable bonds is 4. The van der Waals surface area contributed by atoms with Crippen LogP contribution in [0.1, 0.15) is 45.6 Å². The number of hydrogen-bond acceptors (Lipinski definition) is 3. The van der Waals surface area contributed by atoms with Crippen LogP contribution in [0.3, 0.4) is 0 Å². The Bertz CT molecular complexity index is 487. The van der Waals surface area contributed by atoms with E-state index >= 15 is 0 Å². The number of anilines is 1. The van der Waals surface area contributed by atoms with Gasteiger partial charge in [0, 0.05) is 11.2 Å². The molecule has 0 radical (unpaired) electrons. The van der Waals surface area contributed by atoms with Crippen LogP contribution in [0.5, 0.6) is 0 Å². The molecule has 2 rings (SSSR count). The van der Waals surface area contributed by atoms with Gasteiger partial charge in [-0.1, -0.05) is 12.1 Å². The summed E-state index contributed by atoms with van der Waals surface area (Å²) in [5.74, 6) is 0. The van der Waals surface area contributed by atoms with Gasteiger partial charge in [0.15, 0.2) is 0 Å². The Hall–Kier alpha value is -1.55. The smallest absolute Gasteiger partial charge is 0.412 e. The monoisotopic (exact) mass is 276 g/mol. The summed E-state index contributed by atoms with van der Waals surface area (Å²) in [6, 6.07) is 7.85. The van der Waals surface area contributed by atoms with Crippen molar-refractivity contribution in [3.63, 3.8) is 0 Å². The molecule has 0 bridgehead atoms. The molecule has 3 N–H and O–H groups in total. The van der Waals surface area contributed by atoms with E-state index in [2.05, 4.69) is 11.4 Å². The minimum Gasteiger partial charge on any atom is -0.444 e. The van der Waals surface area contributed by atoms with Crippen molar-refractivity contribution in [2.45, 2.75) is 57.6 Å². The molecule has 20 heavy (non-hydrogen) atoms. The van der Waals surface area contributed by atoms with Gasteiger partial charge in [0.1, 0.15) is 5.60 Å². The molecular weight excluding hydrogens is 252 g/mol. The molecule has 4 nitrogen and oxygen atoms in total. The number of ether oxygens (including phenoxy) is 1. The Morgan fingerprint density at radius 3 is 2.70 bits per heavy atom. The van der Waals surface area contributed by atoms with Crippen LogP contribution in [-0.2, 0) is 11.2 Å². The molecule has 1 fully saturated rings. The highest BCUT2D eigenvalue weighted by atomic mass is 16.6. The van der Waals surface area contributed by atoms with Crippen molar-refractivity contribution in [1.82, 2.24) is 0 Å². The second-order valence-electron chi connectivity index (χ2n) is 6.69. The average Bonchev–Trinajstić information content (AvgIpc) is 3.03. The van der Waals surface area contributed by atoms with Crippen LogP contribution in [0.15, 0.2) is 24.3 Å². The normalized spacial score (nSPS) is 16.6. The van der Waals surface area contributed by atoms with Crippen molar-refractivity contribution in [2.24, 2.45) is 5.73 Å². The number of nitrogens with one attached hydrogen (secondary N) is 1. The Labute approximate surface area is 120 Å². The van der Waals surface area contributed by atoms with E-state index in [1.54, 1.807) is 0 Å². The highest BCUT2D eigenvalue weighted by Crippen LogP contribution is 2.36. The fourth-order valence-electron chi connectivity index (χ4n) is 2.03. The summed E-state index contributed by atoms with van der Waals surface area (Å²) in [7, 11) is 0. The van der Waals surface area contributed by atoms with Gasteiger partial charge in [0.2, 0.25) is 0 Å². The van der Waals surface area contributed by atoms with Crippen molar-refractivity contribution >= 4 is 11.8 Å². The zero-order valence-corrected chi connectivity index (χ0v) is 12.5. The van der Waals surface area contributed by atoms with Crippen molar-refractivity contribution in [1.29, 1.82) is 0 Å². The van der Waals surface area contributed by atoms with Gasteiger partial charge in [0.05, 0.1) is 0 Å². The van der Waals surface area contributed by atoms with Crippen LogP contribution in [-0.4, -0.2) is 17.2 Å². The van der Waals surface area contributed by atoms with Crippen LogP contribution >= 0.6 is 0 Å². The van der Waals surface area contributed by atoms with Gasteiger partial charge in [0.25, 0.3) is 0 Å². The molecule has 0 unspecified atom stereocenters. The topological polar surface area (TPSA) is 64.3 Å². The molecule has 1 aliphatic rings. The van der Waals surface area contributed by atoms with Crippen LogP contribution < -0.4 is 11.1 Å². The number of benzene rings is 1. The average molecular weight is 276 g/mol. The number of carbonyl (C=O) groups is 1. The van der Waals surface area contributed by atoms with E-state index < -0.39 is 11.7 Å². The standard InChI is InChI=1S/C16H24N2O2/c1-15(2,3)20-14(19)18-13-6-4-5-12(11-13)7-8-16(17)9-10-16/h4-6,11H,7-10,17H2,1-3H3,(H,18,19). The van der Waals surface area contributed by atoms with Crippen molar-refractivity contribution in [3.8, 4) is 0 Å². The van der Waals surface area contributed by atoms with E-state index in [4.69, 9.17) is 10.5 Å². The van der Waals surface area contributed by atoms with Crippen LogP contribution in [0, 0.1) is 0 Å². The number of amides is 1. The van der Waals surface area contributed by atoms with Crippen LogP contribution in [0.2, 0.25) is 0 Å². The maximum absolute atomic E-state index is 11.7. The largest absolute Gasteiger partial charge is 0.444 e. The lowest BCUT2D eigenvalue weighted by Crippen LogP contribution is -2.27. The second-order valence-corrected chi connectivity index (χ2v) is 6.69. The van der Waals surface area contributed by atoms with Gasteiger partial charge in [-0.05, 0) is 64.2 Å². The van der Waals surface area contributed by atoms with E-state index in [1.807, 2.05) is 39.0 Å². The Morgan fingerprint density at radius 2 is 2.10 bits per heavy atom. The van der Waals surface area contributed by atoms with E-state index in [9.17, 15) is 4.79 Å². The van der Waals surface area contributed by atoms with Gasteiger partial charge >= 0.3 is 6.09 Å². The molecule has 1 amide bonds. The molecule has 110 valence electrons. The third-order valence-electron chi connectivity index (χ3n) is 3.38. The van der Waals surface area contributed by atoms with Gasteiger partial charge in [-0.3, -0.25) is 5.32 Å². The van der Waals surface area contributed by atoms with Gasteiger partial charge in [-0.2, -0.15) is 0 Å². The zero-order chi connectivity index (χ0) is 14.8. The van der Waals surface area contributed by atoms with E-state index in [0.29, 0.717) is 0 Å². The first-order chi connectivity index (χ1) is 9.26. The maximum Gasteiger partial charge on any atom is 0.412 e. The lowest BCUT2D eigenvalue weighted by atomic mass is 10.0. The predicted molar refractivity (Wildman–Crippen MR) is 80.8 cm³/mol. The molecule has 0 aromatic heterocycles. The summed E-state index contributed by atoms with van der Waals surface area (Å²) >= 11 is 0. The van der Waals surface area contributed by atoms with Crippen molar-refractivity contribution in [2.75, 3.05) is 5.32 Å². The quantitative estimate of drug-likeness (QED) is 0.885. The maximum atomic E-state index is 11.7. The zero-order valence-electron chi connectivity index (χ0n) is 12.5. The summed E-state index contributed by atoms with van der Waals surface area (Å²) < 4.78 is 5.24.